The molecule has 0 aliphatic rings. The van der Waals surface area contributed by atoms with Gasteiger partial charge in [-0.25, -0.2) is 15.0 Å². The summed E-state index contributed by atoms with van der Waals surface area (Å²) in [7, 11) is 0. The maximum absolute atomic E-state index is 13.5. The normalized spacial score (nSPS) is 10.4. The molecule has 5 nitrogen and oxygen atoms in total. The van der Waals surface area contributed by atoms with Crippen LogP contribution in [0.2, 0.25) is 0 Å². The van der Waals surface area contributed by atoms with E-state index in [2.05, 4.69) is 20.3 Å². The molecule has 0 aliphatic carbocycles. The van der Waals surface area contributed by atoms with Gasteiger partial charge in [0.2, 0.25) is 11.8 Å². The summed E-state index contributed by atoms with van der Waals surface area (Å²) >= 11 is 0. The summed E-state index contributed by atoms with van der Waals surface area (Å²) in [6.45, 7) is 0. The van der Waals surface area contributed by atoms with E-state index >= 15 is 0 Å². The molecule has 1 aromatic carbocycles. The number of aromatic nitrogens is 3. The first-order chi connectivity index (χ1) is 13.3. The lowest BCUT2D eigenvalue weighted by Crippen LogP contribution is -1.94. The first-order valence-electron chi connectivity index (χ1n) is 8.31. The van der Waals surface area contributed by atoms with Crippen molar-refractivity contribution in [2.75, 3.05) is 5.32 Å². The van der Waals surface area contributed by atoms with Gasteiger partial charge in [-0.3, -0.25) is 0 Å². The van der Waals surface area contributed by atoms with Gasteiger partial charge in [-0.2, -0.15) is 4.39 Å². The van der Waals surface area contributed by atoms with E-state index < -0.39 is 5.95 Å². The molecule has 0 unspecified atom stereocenters. The van der Waals surface area contributed by atoms with Crippen molar-refractivity contribution in [2.45, 2.75) is 0 Å². The van der Waals surface area contributed by atoms with Gasteiger partial charge in [0.15, 0.2) is 0 Å². The fraction of sp³-hybridized carbons (Fsp3) is 0. The van der Waals surface area contributed by atoms with Crippen molar-refractivity contribution in [2.24, 2.45) is 0 Å². The SMILES string of the molecule is Fc1cc(-c2cccnc2Oc2ccc(Nc3ccccn3)cc2)ccn1. The van der Waals surface area contributed by atoms with E-state index in [1.54, 1.807) is 24.5 Å². The van der Waals surface area contributed by atoms with Crippen LogP contribution in [0, 0.1) is 5.95 Å². The first kappa shape index (κ1) is 16.7. The summed E-state index contributed by atoms with van der Waals surface area (Å²) in [6, 6.07) is 19.8. The largest absolute Gasteiger partial charge is 0.438 e. The fourth-order valence-corrected chi connectivity index (χ4v) is 2.56. The van der Waals surface area contributed by atoms with Crippen molar-refractivity contribution >= 4 is 11.5 Å². The minimum Gasteiger partial charge on any atom is -0.438 e. The molecule has 27 heavy (non-hydrogen) atoms. The highest BCUT2D eigenvalue weighted by Gasteiger charge is 2.10. The smallest absolute Gasteiger partial charge is 0.227 e. The highest BCUT2D eigenvalue weighted by atomic mass is 19.1. The minimum absolute atomic E-state index is 0.397. The molecular formula is C21H15FN4O. The van der Waals surface area contributed by atoms with Gasteiger partial charge in [-0.05, 0) is 60.2 Å². The lowest BCUT2D eigenvalue weighted by atomic mass is 10.1. The Hall–Kier alpha value is -3.80. The summed E-state index contributed by atoms with van der Waals surface area (Å²) in [4.78, 5) is 12.1. The van der Waals surface area contributed by atoms with Gasteiger partial charge in [0, 0.05) is 35.9 Å². The number of hydrogen-bond donors (Lipinski definition) is 1. The maximum atomic E-state index is 13.5. The van der Waals surface area contributed by atoms with E-state index in [-0.39, 0.29) is 0 Å². The monoisotopic (exact) mass is 358 g/mol. The zero-order valence-electron chi connectivity index (χ0n) is 14.2. The van der Waals surface area contributed by atoms with Crippen LogP contribution in [-0.2, 0) is 0 Å². The third-order valence-electron chi connectivity index (χ3n) is 3.81. The van der Waals surface area contributed by atoms with Gasteiger partial charge >= 0.3 is 0 Å². The summed E-state index contributed by atoms with van der Waals surface area (Å²) < 4.78 is 19.4. The molecule has 0 aliphatic heterocycles. The predicted molar refractivity (Wildman–Crippen MR) is 101 cm³/mol. The second kappa shape index (κ2) is 7.61. The van der Waals surface area contributed by atoms with Crippen LogP contribution in [0.1, 0.15) is 0 Å². The molecule has 132 valence electrons. The quantitative estimate of drug-likeness (QED) is 0.496. The van der Waals surface area contributed by atoms with Crippen molar-refractivity contribution < 1.29 is 9.13 Å². The molecule has 4 rings (SSSR count). The highest BCUT2D eigenvalue weighted by molar-refractivity contribution is 5.68. The van der Waals surface area contributed by atoms with E-state index in [0.29, 0.717) is 22.8 Å². The lowest BCUT2D eigenvalue weighted by molar-refractivity contribution is 0.465. The van der Waals surface area contributed by atoms with E-state index in [1.807, 2.05) is 48.5 Å². The van der Waals surface area contributed by atoms with E-state index in [0.717, 1.165) is 11.5 Å². The molecule has 1 N–H and O–H groups in total. The molecule has 0 atom stereocenters. The van der Waals surface area contributed by atoms with Gasteiger partial charge in [-0.1, -0.05) is 6.07 Å². The van der Waals surface area contributed by atoms with Crippen LogP contribution >= 0.6 is 0 Å². The number of anilines is 2. The maximum Gasteiger partial charge on any atom is 0.227 e. The fourth-order valence-electron chi connectivity index (χ4n) is 2.56. The number of benzene rings is 1. The van der Waals surface area contributed by atoms with Gasteiger partial charge in [0.25, 0.3) is 0 Å². The topological polar surface area (TPSA) is 59.9 Å². The van der Waals surface area contributed by atoms with Crippen molar-refractivity contribution in [1.29, 1.82) is 0 Å². The Balaban J connectivity index is 1.55. The highest BCUT2D eigenvalue weighted by Crippen LogP contribution is 2.31. The average molecular weight is 358 g/mol. The van der Waals surface area contributed by atoms with Crippen molar-refractivity contribution in [3.8, 4) is 22.8 Å². The van der Waals surface area contributed by atoms with Gasteiger partial charge in [-0.15, -0.1) is 0 Å². The summed E-state index contributed by atoms with van der Waals surface area (Å²) in [5.41, 5.74) is 2.23. The molecule has 0 amide bonds. The van der Waals surface area contributed by atoms with Gasteiger partial charge < -0.3 is 10.1 Å². The second-order valence-electron chi connectivity index (χ2n) is 5.69. The van der Waals surface area contributed by atoms with Crippen LogP contribution in [-0.4, -0.2) is 15.0 Å². The third-order valence-corrected chi connectivity index (χ3v) is 3.81. The number of pyridine rings is 3. The Labute approximate surface area is 155 Å². The van der Waals surface area contributed by atoms with Crippen LogP contribution in [0.3, 0.4) is 0 Å². The van der Waals surface area contributed by atoms with E-state index in [1.165, 1.54) is 12.3 Å². The second-order valence-corrected chi connectivity index (χ2v) is 5.69. The molecule has 0 spiro atoms. The lowest BCUT2D eigenvalue weighted by Gasteiger charge is -2.11. The standard InChI is InChI=1S/C21H15FN4O/c22-19-14-15(10-13-23-19)18-4-3-12-25-21(18)27-17-8-6-16(7-9-17)26-20-5-1-2-11-24-20/h1-14H,(H,24,26). The van der Waals surface area contributed by atoms with Gasteiger partial charge in [0.05, 0.1) is 0 Å². The Kier molecular flexibility index (Phi) is 4.70. The molecule has 4 aromatic rings. The summed E-state index contributed by atoms with van der Waals surface area (Å²) in [5.74, 6) is 1.23. The van der Waals surface area contributed by atoms with Gasteiger partial charge in [0.1, 0.15) is 11.6 Å². The molecule has 6 heteroatoms. The van der Waals surface area contributed by atoms with Crippen molar-refractivity contribution in [3.05, 3.63) is 91.3 Å². The minimum atomic E-state index is -0.549. The zero-order chi connectivity index (χ0) is 18.5. The molecule has 0 fully saturated rings. The van der Waals surface area contributed by atoms with Crippen LogP contribution in [0.15, 0.2) is 85.3 Å². The predicted octanol–water partition coefficient (Wildman–Crippen LogP) is 5.21. The van der Waals surface area contributed by atoms with Crippen LogP contribution in [0.25, 0.3) is 11.1 Å². The van der Waals surface area contributed by atoms with Crippen LogP contribution in [0.4, 0.5) is 15.9 Å². The summed E-state index contributed by atoms with van der Waals surface area (Å²) in [6.07, 6.45) is 4.78. The van der Waals surface area contributed by atoms with E-state index in [9.17, 15) is 4.39 Å². The van der Waals surface area contributed by atoms with Crippen molar-refractivity contribution in [1.82, 2.24) is 15.0 Å². The number of nitrogens with zero attached hydrogens (tertiary/aromatic N) is 3. The Morgan fingerprint density at radius 3 is 2.41 bits per heavy atom. The molecule has 0 saturated heterocycles. The summed E-state index contributed by atoms with van der Waals surface area (Å²) in [5, 5.41) is 3.21. The molecule has 3 heterocycles. The number of hydrogen-bond acceptors (Lipinski definition) is 5. The Morgan fingerprint density at radius 1 is 0.778 bits per heavy atom. The number of nitrogens with one attached hydrogen (secondary N) is 1. The zero-order valence-corrected chi connectivity index (χ0v) is 14.2. The number of halogens is 1. The molecule has 0 radical (unpaired) electrons. The Bertz CT molecular complexity index is 1040. The average Bonchev–Trinajstić information content (AvgIpc) is 2.71. The molecule has 0 bridgehead atoms. The third kappa shape index (κ3) is 4.07. The molecule has 3 aromatic heterocycles. The number of rotatable bonds is 5. The first-order valence-corrected chi connectivity index (χ1v) is 8.31. The van der Waals surface area contributed by atoms with Crippen molar-refractivity contribution in [3.63, 3.8) is 0 Å². The number of ether oxygens (including phenoxy) is 1. The Morgan fingerprint density at radius 2 is 1.63 bits per heavy atom. The van der Waals surface area contributed by atoms with Crippen LogP contribution in [0.5, 0.6) is 11.6 Å². The molecule has 0 saturated carbocycles. The van der Waals surface area contributed by atoms with E-state index in [4.69, 9.17) is 4.74 Å². The molecular weight excluding hydrogens is 343 g/mol. The van der Waals surface area contributed by atoms with Crippen LogP contribution < -0.4 is 10.1 Å².